The lowest BCUT2D eigenvalue weighted by atomic mass is 10.1. The van der Waals surface area contributed by atoms with Crippen molar-refractivity contribution >= 4 is 5.91 Å². The molecule has 0 N–H and O–H groups in total. The van der Waals surface area contributed by atoms with Gasteiger partial charge in [-0.05, 0) is 43.5 Å². The first-order valence-electron chi connectivity index (χ1n) is 8.54. The molecule has 0 bridgehead atoms. The van der Waals surface area contributed by atoms with Gasteiger partial charge >= 0.3 is 0 Å². The van der Waals surface area contributed by atoms with Crippen molar-refractivity contribution in [1.82, 2.24) is 15.0 Å². The number of benzene rings is 1. The molecule has 0 spiro atoms. The Morgan fingerprint density at radius 2 is 2.08 bits per heavy atom. The lowest BCUT2D eigenvalue weighted by molar-refractivity contribution is 0.0698. The Kier molecular flexibility index (Phi) is 4.33. The van der Waals surface area contributed by atoms with Crippen LogP contribution in [0.1, 0.15) is 35.6 Å². The highest BCUT2D eigenvalue weighted by Gasteiger charge is 2.30. The number of likely N-dealkylation sites (tertiary alicyclic amines) is 1. The van der Waals surface area contributed by atoms with E-state index in [2.05, 4.69) is 10.1 Å². The van der Waals surface area contributed by atoms with E-state index in [0.717, 1.165) is 31.4 Å². The van der Waals surface area contributed by atoms with Crippen molar-refractivity contribution in [2.75, 3.05) is 6.54 Å². The fourth-order valence-electron chi connectivity index (χ4n) is 3.29. The van der Waals surface area contributed by atoms with Crippen molar-refractivity contribution in [3.05, 3.63) is 60.3 Å². The number of carbonyl (C=O) groups excluding carboxylic acids is 1. The maximum atomic E-state index is 12.5. The van der Waals surface area contributed by atoms with Crippen LogP contribution in [0.2, 0.25) is 0 Å². The van der Waals surface area contributed by atoms with Gasteiger partial charge < -0.3 is 13.8 Å². The smallest absolute Gasteiger partial charge is 0.289 e. The van der Waals surface area contributed by atoms with E-state index in [0.29, 0.717) is 23.9 Å². The number of hydrogen-bond donors (Lipinski definition) is 0. The second-order valence-corrected chi connectivity index (χ2v) is 6.19. The first-order valence-corrected chi connectivity index (χ1v) is 8.54. The van der Waals surface area contributed by atoms with E-state index in [1.54, 1.807) is 12.1 Å². The predicted octanol–water partition coefficient (Wildman–Crippen LogP) is 3.57. The van der Waals surface area contributed by atoms with Crippen LogP contribution in [0.4, 0.5) is 0 Å². The predicted molar refractivity (Wildman–Crippen MR) is 90.8 cm³/mol. The molecule has 0 radical (unpaired) electrons. The van der Waals surface area contributed by atoms with E-state index in [9.17, 15) is 4.79 Å². The molecule has 6 nitrogen and oxygen atoms in total. The quantitative estimate of drug-likeness (QED) is 0.712. The SMILES string of the molecule is O=C(c1ccco1)N1CCCC1CCc1noc(-c2ccccc2)n1. The first kappa shape index (κ1) is 15.6. The Morgan fingerprint density at radius 3 is 2.88 bits per heavy atom. The van der Waals surface area contributed by atoms with Gasteiger partial charge in [-0.2, -0.15) is 4.98 Å². The molecule has 1 atom stereocenters. The Morgan fingerprint density at radius 1 is 1.20 bits per heavy atom. The minimum absolute atomic E-state index is 0.0365. The van der Waals surface area contributed by atoms with E-state index in [1.807, 2.05) is 35.2 Å². The average Bonchev–Trinajstić information content (AvgIpc) is 3.41. The average molecular weight is 337 g/mol. The third-order valence-corrected chi connectivity index (χ3v) is 4.56. The summed E-state index contributed by atoms with van der Waals surface area (Å²) in [7, 11) is 0. The molecular weight excluding hydrogens is 318 g/mol. The summed E-state index contributed by atoms with van der Waals surface area (Å²) in [4.78, 5) is 18.9. The van der Waals surface area contributed by atoms with Gasteiger partial charge in [0.15, 0.2) is 11.6 Å². The van der Waals surface area contributed by atoms with E-state index in [1.165, 1.54) is 6.26 Å². The van der Waals surface area contributed by atoms with Gasteiger partial charge in [-0.25, -0.2) is 0 Å². The van der Waals surface area contributed by atoms with Gasteiger partial charge in [0.05, 0.1) is 6.26 Å². The molecule has 1 saturated heterocycles. The lowest BCUT2D eigenvalue weighted by Crippen LogP contribution is -2.35. The first-order chi connectivity index (χ1) is 12.3. The van der Waals surface area contributed by atoms with Crippen LogP contribution in [0.15, 0.2) is 57.7 Å². The molecular formula is C19H19N3O3. The van der Waals surface area contributed by atoms with E-state index < -0.39 is 0 Å². The Bertz CT molecular complexity index is 827. The summed E-state index contributed by atoms with van der Waals surface area (Å²) in [5.41, 5.74) is 0.914. The third-order valence-electron chi connectivity index (χ3n) is 4.56. The van der Waals surface area contributed by atoms with Gasteiger partial charge in [0.2, 0.25) is 0 Å². The molecule has 25 heavy (non-hydrogen) atoms. The summed E-state index contributed by atoms with van der Waals surface area (Å²) in [5, 5.41) is 4.07. The molecule has 4 rings (SSSR count). The molecule has 2 aromatic heterocycles. The molecule has 3 heterocycles. The van der Waals surface area contributed by atoms with Crippen LogP contribution in [-0.2, 0) is 6.42 Å². The molecule has 1 aliphatic heterocycles. The zero-order valence-electron chi connectivity index (χ0n) is 13.8. The van der Waals surface area contributed by atoms with Gasteiger partial charge in [-0.3, -0.25) is 4.79 Å². The molecule has 3 aromatic rings. The maximum Gasteiger partial charge on any atom is 0.289 e. The van der Waals surface area contributed by atoms with Crippen molar-refractivity contribution in [1.29, 1.82) is 0 Å². The maximum absolute atomic E-state index is 12.5. The van der Waals surface area contributed by atoms with E-state index in [4.69, 9.17) is 8.94 Å². The number of nitrogens with zero attached hydrogens (tertiary/aromatic N) is 3. The van der Waals surface area contributed by atoms with Crippen LogP contribution in [0.25, 0.3) is 11.5 Å². The van der Waals surface area contributed by atoms with E-state index in [-0.39, 0.29) is 11.9 Å². The number of hydrogen-bond acceptors (Lipinski definition) is 5. The summed E-state index contributed by atoms with van der Waals surface area (Å²) >= 11 is 0. The van der Waals surface area contributed by atoms with Crippen LogP contribution in [0.5, 0.6) is 0 Å². The Labute approximate surface area is 145 Å². The Hall–Kier alpha value is -2.89. The van der Waals surface area contributed by atoms with Gasteiger partial charge in [-0.15, -0.1) is 0 Å². The largest absolute Gasteiger partial charge is 0.459 e. The molecule has 0 aliphatic carbocycles. The normalized spacial score (nSPS) is 17.1. The van der Waals surface area contributed by atoms with Gasteiger partial charge in [0, 0.05) is 24.6 Å². The fraction of sp³-hybridized carbons (Fsp3) is 0.316. The van der Waals surface area contributed by atoms with Crippen molar-refractivity contribution in [2.45, 2.75) is 31.7 Å². The molecule has 1 fully saturated rings. The topological polar surface area (TPSA) is 72.4 Å². The zero-order valence-corrected chi connectivity index (χ0v) is 13.8. The lowest BCUT2D eigenvalue weighted by Gasteiger charge is -2.23. The zero-order chi connectivity index (χ0) is 17.1. The van der Waals surface area contributed by atoms with Gasteiger partial charge in [0.1, 0.15) is 0 Å². The molecule has 1 aromatic carbocycles. The number of aromatic nitrogens is 2. The summed E-state index contributed by atoms with van der Waals surface area (Å²) in [5.74, 6) is 1.57. The van der Waals surface area contributed by atoms with Gasteiger partial charge in [-0.1, -0.05) is 23.4 Å². The van der Waals surface area contributed by atoms with Crippen LogP contribution >= 0.6 is 0 Å². The van der Waals surface area contributed by atoms with Crippen LogP contribution in [-0.4, -0.2) is 33.5 Å². The van der Waals surface area contributed by atoms with E-state index >= 15 is 0 Å². The summed E-state index contributed by atoms with van der Waals surface area (Å²) in [6, 6.07) is 13.4. The molecule has 6 heteroatoms. The standard InChI is InChI=1S/C19H19N3O3/c23-19(16-9-5-13-24-16)22-12-4-8-15(22)10-11-17-20-18(25-21-17)14-6-2-1-3-7-14/h1-3,5-7,9,13,15H,4,8,10-12H2. The highest BCUT2D eigenvalue weighted by molar-refractivity contribution is 5.91. The monoisotopic (exact) mass is 337 g/mol. The minimum atomic E-state index is -0.0365. The van der Waals surface area contributed by atoms with Crippen molar-refractivity contribution in [3.63, 3.8) is 0 Å². The summed E-state index contributed by atoms with van der Waals surface area (Å²) in [6.45, 7) is 0.770. The summed E-state index contributed by atoms with van der Waals surface area (Å²) in [6.07, 6.45) is 5.04. The second-order valence-electron chi connectivity index (χ2n) is 6.19. The number of carbonyl (C=O) groups is 1. The molecule has 1 unspecified atom stereocenters. The molecule has 1 aliphatic rings. The number of aryl methyl sites for hydroxylation is 1. The van der Waals surface area contributed by atoms with Crippen LogP contribution in [0, 0.1) is 0 Å². The highest BCUT2D eigenvalue weighted by Crippen LogP contribution is 2.24. The van der Waals surface area contributed by atoms with Crippen molar-refractivity contribution in [2.24, 2.45) is 0 Å². The summed E-state index contributed by atoms with van der Waals surface area (Å²) < 4.78 is 10.6. The van der Waals surface area contributed by atoms with Crippen LogP contribution < -0.4 is 0 Å². The second kappa shape index (κ2) is 6.93. The molecule has 1 amide bonds. The Balaban J connectivity index is 1.39. The molecule has 0 saturated carbocycles. The van der Waals surface area contributed by atoms with Crippen molar-refractivity contribution < 1.29 is 13.7 Å². The third kappa shape index (κ3) is 3.33. The fourth-order valence-corrected chi connectivity index (χ4v) is 3.29. The molecule has 128 valence electrons. The van der Waals surface area contributed by atoms with Gasteiger partial charge in [0.25, 0.3) is 11.8 Å². The number of rotatable bonds is 5. The number of furan rings is 1. The number of amides is 1. The highest BCUT2D eigenvalue weighted by atomic mass is 16.5. The minimum Gasteiger partial charge on any atom is -0.459 e. The van der Waals surface area contributed by atoms with Crippen LogP contribution in [0.3, 0.4) is 0 Å². The van der Waals surface area contributed by atoms with Crippen molar-refractivity contribution in [3.8, 4) is 11.5 Å².